The van der Waals surface area contributed by atoms with Gasteiger partial charge in [0.2, 0.25) is 0 Å². The van der Waals surface area contributed by atoms with Gasteiger partial charge in [-0.05, 0) is 43.5 Å². The van der Waals surface area contributed by atoms with E-state index < -0.39 is 23.8 Å². The third-order valence-corrected chi connectivity index (χ3v) is 3.63. The van der Waals surface area contributed by atoms with Gasteiger partial charge in [0.05, 0.1) is 12.1 Å². The van der Waals surface area contributed by atoms with Crippen molar-refractivity contribution >= 4 is 16.9 Å². The van der Waals surface area contributed by atoms with Crippen molar-refractivity contribution in [1.29, 1.82) is 0 Å². The van der Waals surface area contributed by atoms with E-state index >= 15 is 0 Å². The summed E-state index contributed by atoms with van der Waals surface area (Å²) < 4.78 is 5.28. The first-order valence-corrected chi connectivity index (χ1v) is 8.06. The quantitative estimate of drug-likeness (QED) is 0.821. The van der Waals surface area contributed by atoms with E-state index in [0.717, 1.165) is 16.3 Å². The van der Waals surface area contributed by atoms with Gasteiger partial charge >= 0.3 is 6.09 Å². The van der Waals surface area contributed by atoms with E-state index in [2.05, 4.69) is 18.0 Å². The molecule has 2 N–H and O–H groups in total. The Morgan fingerprint density at radius 3 is 2.54 bits per heavy atom. The van der Waals surface area contributed by atoms with E-state index in [4.69, 9.17) is 4.74 Å². The van der Waals surface area contributed by atoms with E-state index in [0.29, 0.717) is 6.42 Å². The Bertz CT molecular complexity index is 718. The molecule has 0 aliphatic heterocycles. The molecule has 0 fully saturated rings. The van der Waals surface area contributed by atoms with Crippen LogP contribution in [0.2, 0.25) is 0 Å². The predicted molar refractivity (Wildman–Crippen MR) is 97.0 cm³/mol. The Kier molecular flexibility index (Phi) is 5.62. The molecule has 4 heteroatoms. The van der Waals surface area contributed by atoms with Crippen LogP contribution in [-0.4, -0.2) is 28.9 Å². The molecule has 0 aliphatic carbocycles. The standard InChI is InChI=1S/C20H25NO3/c1-5-18(22)17(21-19(23)24-20(2,3)4)13-14-10-11-15-8-6-7-9-16(15)12-14/h5-12,17-18,22H,1,13H2,2-4H3,(H,21,23)/t17-,18?/m0/s1. The van der Waals surface area contributed by atoms with Gasteiger partial charge in [-0.1, -0.05) is 48.5 Å². The van der Waals surface area contributed by atoms with Crippen molar-refractivity contribution in [1.82, 2.24) is 5.32 Å². The molecule has 0 radical (unpaired) electrons. The van der Waals surface area contributed by atoms with Gasteiger partial charge in [0.15, 0.2) is 0 Å². The lowest BCUT2D eigenvalue weighted by Crippen LogP contribution is -2.46. The maximum absolute atomic E-state index is 12.0. The monoisotopic (exact) mass is 327 g/mol. The summed E-state index contributed by atoms with van der Waals surface area (Å²) in [5.41, 5.74) is 0.437. The molecule has 0 heterocycles. The highest BCUT2D eigenvalue weighted by Gasteiger charge is 2.23. The van der Waals surface area contributed by atoms with Crippen LogP contribution in [0.25, 0.3) is 10.8 Å². The van der Waals surface area contributed by atoms with Crippen molar-refractivity contribution in [2.45, 2.75) is 44.9 Å². The number of ether oxygens (including phenoxy) is 1. The highest BCUT2D eigenvalue weighted by molar-refractivity contribution is 5.83. The number of benzene rings is 2. The van der Waals surface area contributed by atoms with Gasteiger partial charge < -0.3 is 15.2 Å². The third-order valence-electron chi connectivity index (χ3n) is 3.63. The number of carbonyl (C=O) groups is 1. The molecule has 0 bridgehead atoms. The van der Waals surface area contributed by atoms with Crippen molar-refractivity contribution in [3.8, 4) is 0 Å². The zero-order chi connectivity index (χ0) is 17.7. The van der Waals surface area contributed by atoms with Crippen molar-refractivity contribution in [2.75, 3.05) is 0 Å². The number of hydrogen-bond donors (Lipinski definition) is 2. The van der Waals surface area contributed by atoms with E-state index in [1.165, 1.54) is 6.08 Å². The molecule has 4 nitrogen and oxygen atoms in total. The first-order valence-electron chi connectivity index (χ1n) is 8.06. The van der Waals surface area contributed by atoms with Crippen LogP contribution in [0, 0.1) is 0 Å². The summed E-state index contributed by atoms with van der Waals surface area (Å²) in [6.07, 6.45) is 0.499. The van der Waals surface area contributed by atoms with Crippen LogP contribution in [-0.2, 0) is 11.2 Å². The average Bonchev–Trinajstić information content (AvgIpc) is 2.51. The van der Waals surface area contributed by atoms with Gasteiger partial charge in [-0.2, -0.15) is 0 Å². The van der Waals surface area contributed by atoms with Crippen LogP contribution in [0.15, 0.2) is 55.1 Å². The number of fused-ring (bicyclic) bond motifs is 1. The van der Waals surface area contributed by atoms with E-state index in [1.807, 2.05) is 36.4 Å². The summed E-state index contributed by atoms with van der Waals surface area (Å²) in [6, 6.07) is 13.7. The normalized spacial score (nSPS) is 14.0. The second kappa shape index (κ2) is 7.49. The Balaban J connectivity index is 2.15. The van der Waals surface area contributed by atoms with E-state index in [9.17, 15) is 9.90 Å². The fourth-order valence-corrected chi connectivity index (χ4v) is 2.50. The first kappa shape index (κ1) is 18.0. The smallest absolute Gasteiger partial charge is 0.407 e. The summed E-state index contributed by atoms with van der Waals surface area (Å²) in [7, 11) is 0. The zero-order valence-electron chi connectivity index (χ0n) is 14.5. The third kappa shape index (κ3) is 5.10. The Hall–Kier alpha value is -2.33. The molecule has 1 unspecified atom stereocenters. The highest BCUT2D eigenvalue weighted by Crippen LogP contribution is 2.18. The highest BCUT2D eigenvalue weighted by atomic mass is 16.6. The molecule has 128 valence electrons. The molecule has 2 aromatic rings. The Morgan fingerprint density at radius 1 is 1.25 bits per heavy atom. The van der Waals surface area contributed by atoms with Crippen LogP contribution in [0.1, 0.15) is 26.3 Å². The summed E-state index contributed by atoms with van der Waals surface area (Å²) in [6.45, 7) is 9.01. The molecule has 2 aromatic carbocycles. The van der Waals surface area contributed by atoms with Gasteiger partial charge in [0.25, 0.3) is 0 Å². The van der Waals surface area contributed by atoms with Gasteiger partial charge in [0, 0.05) is 0 Å². The fraction of sp³-hybridized carbons (Fsp3) is 0.350. The molecule has 0 saturated heterocycles. The molecule has 24 heavy (non-hydrogen) atoms. The minimum absolute atomic E-state index is 0.483. The summed E-state index contributed by atoms with van der Waals surface area (Å²) in [4.78, 5) is 12.0. The molecule has 1 amide bonds. The van der Waals surface area contributed by atoms with Crippen LogP contribution < -0.4 is 5.32 Å². The molecule has 0 aliphatic rings. The van der Waals surface area contributed by atoms with Gasteiger partial charge in [-0.15, -0.1) is 6.58 Å². The van der Waals surface area contributed by atoms with Gasteiger partial charge in [-0.3, -0.25) is 0 Å². The van der Waals surface area contributed by atoms with E-state index in [1.54, 1.807) is 20.8 Å². The fourth-order valence-electron chi connectivity index (χ4n) is 2.50. The molecular weight excluding hydrogens is 302 g/mol. The predicted octanol–water partition coefficient (Wildman–Crippen LogP) is 3.82. The number of nitrogens with one attached hydrogen (secondary N) is 1. The van der Waals surface area contributed by atoms with Crippen LogP contribution in [0.5, 0.6) is 0 Å². The second-order valence-electron chi connectivity index (χ2n) is 6.86. The summed E-state index contributed by atoms with van der Waals surface area (Å²) in [5.74, 6) is 0. The summed E-state index contributed by atoms with van der Waals surface area (Å²) >= 11 is 0. The minimum Gasteiger partial charge on any atom is -0.444 e. The average molecular weight is 327 g/mol. The number of aliphatic hydroxyl groups excluding tert-OH is 1. The molecule has 0 aromatic heterocycles. The SMILES string of the molecule is C=CC(O)[C@H](Cc1ccc2ccccc2c1)NC(=O)OC(C)(C)C. The topological polar surface area (TPSA) is 58.6 Å². The molecular formula is C20H25NO3. The Labute approximate surface area is 143 Å². The van der Waals surface area contributed by atoms with Gasteiger partial charge in [0.1, 0.15) is 5.60 Å². The van der Waals surface area contributed by atoms with E-state index in [-0.39, 0.29) is 0 Å². The number of carbonyl (C=O) groups excluding carboxylic acids is 1. The molecule has 2 rings (SSSR count). The Morgan fingerprint density at radius 2 is 1.92 bits per heavy atom. The van der Waals surface area contributed by atoms with Crippen LogP contribution in [0.4, 0.5) is 4.79 Å². The number of hydrogen-bond acceptors (Lipinski definition) is 3. The lowest BCUT2D eigenvalue weighted by molar-refractivity contribution is 0.0455. The molecule has 2 atom stereocenters. The molecule has 0 spiro atoms. The summed E-state index contributed by atoms with van der Waals surface area (Å²) in [5, 5.41) is 15.2. The maximum Gasteiger partial charge on any atom is 0.407 e. The van der Waals surface area contributed by atoms with Crippen molar-refractivity contribution in [2.24, 2.45) is 0 Å². The zero-order valence-corrected chi connectivity index (χ0v) is 14.5. The second-order valence-corrected chi connectivity index (χ2v) is 6.86. The van der Waals surface area contributed by atoms with Crippen molar-refractivity contribution in [3.05, 3.63) is 60.7 Å². The number of alkyl carbamates (subject to hydrolysis) is 1. The number of amides is 1. The maximum atomic E-state index is 12.0. The van der Waals surface area contributed by atoms with Crippen molar-refractivity contribution in [3.63, 3.8) is 0 Å². The first-order chi connectivity index (χ1) is 11.3. The minimum atomic E-state index is -0.857. The number of rotatable bonds is 5. The van der Waals surface area contributed by atoms with Crippen molar-refractivity contribution < 1.29 is 14.6 Å². The van der Waals surface area contributed by atoms with Crippen LogP contribution in [0.3, 0.4) is 0 Å². The largest absolute Gasteiger partial charge is 0.444 e. The number of aliphatic hydroxyl groups is 1. The molecule has 0 saturated carbocycles. The lowest BCUT2D eigenvalue weighted by Gasteiger charge is -2.25. The van der Waals surface area contributed by atoms with Crippen LogP contribution >= 0.6 is 0 Å². The lowest BCUT2D eigenvalue weighted by atomic mass is 9.98. The van der Waals surface area contributed by atoms with Gasteiger partial charge in [-0.25, -0.2) is 4.79 Å².